The van der Waals surface area contributed by atoms with Gasteiger partial charge in [0, 0.05) is 0 Å². The number of aromatic nitrogens is 2. The summed E-state index contributed by atoms with van der Waals surface area (Å²) in [5.74, 6) is -2.67. The fourth-order valence-corrected chi connectivity index (χ4v) is 1.27. The Hall–Kier alpha value is -1.96. The van der Waals surface area contributed by atoms with E-state index in [-0.39, 0.29) is 11.1 Å². The SMILES string of the molecule is NC(=O)CN(CC(N)=O)c1nc(Cl)ncc1F. The molecule has 1 aromatic heterocycles. The Morgan fingerprint density at radius 1 is 1.35 bits per heavy atom. The minimum absolute atomic E-state index is 0.222. The Morgan fingerprint density at radius 3 is 2.35 bits per heavy atom. The van der Waals surface area contributed by atoms with Crippen LogP contribution in [0.1, 0.15) is 0 Å². The maximum absolute atomic E-state index is 13.4. The molecule has 0 saturated heterocycles. The molecule has 0 saturated carbocycles. The lowest BCUT2D eigenvalue weighted by Gasteiger charge is -2.20. The first-order valence-electron chi connectivity index (χ1n) is 4.39. The van der Waals surface area contributed by atoms with Gasteiger partial charge in [0.25, 0.3) is 0 Å². The van der Waals surface area contributed by atoms with Crippen molar-refractivity contribution in [1.82, 2.24) is 9.97 Å². The summed E-state index contributed by atoms with van der Waals surface area (Å²) >= 11 is 5.49. The average molecular weight is 262 g/mol. The fourth-order valence-electron chi connectivity index (χ4n) is 1.14. The molecule has 17 heavy (non-hydrogen) atoms. The maximum atomic E-state index is 13.4. The van der Waals surface area contributed by atoms with Crippen molar-refractivity contribution in [3.05, 3.63) is 17.3 Å². The van der Waals surface area contributed by atoms with Crippen LogP contribution < -0.4 is 16.4 Å². The highest BCUT2D eigenvalue weighted by Gasteiger charge is 2.18. The number of rotatable bonds is 5. The van der Waals surface area contributed by atoms with Crippen molar-refractivity contribution in [1.29, 1.82) is 0 Å². The Balaban J connectivity index is 3.06. The molecule has 1 aromatic rings. The van der Waals surface area contributed by atoms with Gasteiger partial charge in [0.05, 0.1) is 19.3 Å². The Bertz CT molecular complexity index is 440. The zero-order valence-electron chi connectivity index (χ0n) is 8.56. The quantitative estimate of drug-likeness (QED) is 0.663. The molecule has 0 aliphatic carbocycles. The van der Waals surface area contributed by atoms with E-state index in [0.717, 1.165) is 11.1 Å². The van der Waals surface area contributed by atoms with Crippen LogP contribution in [0.4, 0.5) is 10.2 Å². The molecule has 4 N–H and O–H groups in total. The van der Waals surface area contributed by atoms with E-state index in [1.807, 2.05) is 0 Å². The largest absolute Gasteiger partial charge is 0.368 e. The molecular formula is C8H9ClFN5O2. The number of anilines is 1. The van der Waals surface area contributed by atoms with Crippen molar-refractivity contribution >= 4 is 29.2 Å². The second-order valence-corrected chi connectivity index (χ2v) is 3.44. The normalized spacial score (nSPS) is 10.0. The summed E-state index contributed by atoms with van der Waals surface area (Å²) in [5.41, 5.74) is 9.93. The van der Waals surface area contributed by atoms with Crippen LogP contribution in [0.3, 0.4) is 0 Å². The number of halogens is 2. The second kappa shape index (κ2) is 5.39. The van der Waals surface area contributed by atoms with Crippen molar-refractivity contribution in [2.75, 3.05) is 18.0 Å². The van der Waals surface area contributed by atoms with E-state index in [1.165, 1.54) is 0 Å². The van der Waals surface area contributed by atoms with Crippen molar-refractivity contribution in [3.8, 4) is 0 Å². The van der Waals surface area contributed by atoms with Gasteiger partial charge in [0.1, 0.15) is 0 Å². The van der Waals surface area contributed by atoms with Gasteiger partial charge in [-0.1, -0.05) is 0 Å². The van der Waals surface area contributed by atoms with Gasteiger partial charge >= 0.3 is 0 Å². The zero-order chi connectivity index (χ0) is 13.0. The molecule has 0 aliphatic rings. The molecule has 0 bridgehead atoms. The molecule has 0 spiro atoms. The third kappa shape index (κ3) is 3.83. The molecule has 0 atom stereocenters. The molecule has 7 nitrogen and oxygen atoms in total. The van der Waals surface area contributed by atoms with Crippen LogP contribution in [0.25, 0.3) is 0 Å². The van der Waals surface area contributed by atoms with Gasteiger partial charge < -0.3 is 16.4 Å². The van der Waals surface area contributed by atoms with Gasteiger partial charge in [-0.25, -0.2) is 9.37 Å². The molecular weight excluding hydrogens is 253 g/mol. The first-order valence-corrected chi connectivity index (χ1v) is 4.77. The lowest BCUT2D eigenvalue weighted by atomic mass is 10.4. The number of hydrogen-bond donors (Lipinski definition) is 2. The van der Waals surface area contributed by atoms with Gasteiger partial charge in [-0.3, -0.25) is 9.59 Å². The van der Waals surface area contributed by atoms with E-state index in [2.05, 4.69) is 9.97 Å². The van der Waals surface area contributed by atoms with Crippen LogP contribution in [0.2, 0.25) is 5.28 Å². The number of primary amides is 2. The molecule has 2 amide bonds. The van der Waals surface area contributed by atoms with E-state index in [0.29, 0.717) is 0 Å². The van der Waals surface area contributed by atoms with Crippen LogP contribution in [-0.4, -0.2) is 34.9 Å². The predicted molar refractivity (Wildman–Crippen MR) is 57.6 cm³/mol. The summed E-state index contributed by atoms with van der Waals surface area (Å²) in [6.45, 7) is -0.819. The van der Waals surface area contributed by atoms with Crippen molar-refractivity contribution in [2.45, 2.75) is 0 Å². The van der Waals surface area contributed by atoms with E-state index >= 15 is 0 Å². The molecule has 92 valence electrons. The van der Waals surface area contributed by atoms with Crippen molar-refractivity contribution < 1.29 is 14.0 Å². The van der Waals surface area contributed by atoms with Crippen LogP contribution in [0, 0.1) is 5.82 Å². The van der Waals surface area contributed by atoms with Crippen LogP contribution in [0.5, 0.6) is 0 Å². The summed E-state index contributed by atoms with van der Waals surface area (Å²) in [6, 6.07) is 0. The molecule has 0 unspecified atom stereocenters. The zero-order valence-corrected chi connectivity index (χ0v) is 9.32. The van der Waals surface area contributed by atoms with Gasteiger partial charge in [-0.15, -0.1) is 0 Å². The molecule has 1 rings (SSSR count). The van der Waals surface area contributed by atoms with Crippen molar-refractivity contribution in [3.63, 3.8) is 0 Å². The maximum Gasteiger partial charge on any atom is 0.237 e. The molecule has 0 aromatic carbocycles. The molecule has 0 fully saturated rings. The average Bonchev–Trinajstić information content (AvgIpc) is 2.19. The topological polar surface area (TPSA) is 115 Å². The Morgan fingerprint density at radius 2 is 1.88 bits per heavy atom. The van der Waals surface area contributed by atoms with Crippen LogP contribution in [0.15, 0.2) is 6.20 Å². The highest BCUT2D eigenvalue weighted by molar-refractivity contribution is 6.28. The number of nitrogens with zero attached hydrogens (tertiary/aromatic N) is 3. The van der Waals surface area contributed by atoms with E-state index in [1.54, 1.807) is 0 Å². The lowest BCUT2D eigenvalue weighted by Crippen LogP contribution is -2.40. The Kier molecular flexibility index (Phi) is 4.16. The van der Waals surface area contributed by atoms with Crippen LogP contribution >= 0.6 is 11.6 Å². The molecule has 0 radical (unpaired) electrons. The first kappa shape index (κ1) is 13.1. The fraction of sp³-hybridized carbons (Fsp3) is 0.250. The minimum Gasteiger partial charge on any atom is -0.368 e. The molecule has 1 heterocycles. The van der Waals surface area contributed by atoms with Gasteiger partial charge in [0.2, 0.25) is 17.1 Å². The van der Waals surface area contributed by atoms with E-state index in [4.69, 9.17) is 23.1 Å². The Labute approximate surface area is 101 Å². The van der Waals surface area contributed by atoms with E-state index in [9.17, 15) is 14.0 Å². The number of carbonyl (C=O) groups is 2. The highest BCUT2D eigenvalue weighted by Crippen LogP contribution is 2.16. The monoisotopic (exact) mass is 261 g/mol. The predicted octanol–water partition coefficient (Wildman–Crippen LogP) is -0.954. The molecule has 9 heteroatoms. The van der Waals surface area contributed by atoms with Crippen LogP contribution in [-0.2, 0) is 9.59 Å². The van der Waals surface area contributed by atoms with Gasteiger partial charge in [-0.2, -0.15) is 4.98 Å². The second-order valence-electron chi connectivity index (χ2n) is 3.10. The summed E-state index contributed by atoms with van der Waals surface area (Å²) in [4.78, 5) is 29.5. The molecule has 0 aliphatic heterocycles. The van der Waals surface area contributed by atoms with Crippen molar-refractivity contribution in [2.24, 2.45) is 11.5 Å². The number of nitrogens with two attached hydrogens (primary N) is 2. The summed E-state index contributed by atoms with van der Waals surface area (Å²) < 4.78 is 13.4. The smallest absolute Gasteiger partial charge is 0.237 e. The number of amides is 2. The van der Waals surface area contributed by atoms with E-state index < -0.39 is 30.7 Å². The number of carbonyl (C=O) groups excluding carboxylic acids is 2. The summed E-state index contributed by atoms with van der Waals surface area (Å²) in [6.07, 6.45) is 0.819. The van der Waals surface area contributed by atoms with Gasteiger partial charge in [0.15, 0.2) is 11.6 Å². The standard InChI is InChI=1S/C8H9ClFN5O2/c9-8-13-1-4(10)7(14-8)15(2-5(11)16)3-6(12)17/h1H,2-3H2,(H2,11,16)(H2,12,17). The third-order valence-electron chi connectivity index (χ3n) is 1.69. The third-order valence-corrected chi connectivity index (χ3v) is 1.87. The summed E-state index contributed by atoms with van der Waals surface area (Å²) in [5, 5.41) is -0.222. The number of hydrogen-bond acceptors (Lipinski definition) is 5. The lowest BCUT2D eigenvalue weighted by molar-refractivity contribution is -0.117. The minimum atomic E-state index is -0.836. The van der Waals surface area contributed by atoms with Gasteiger partial charge in [-0.05, 0) is 11.6 Å². The highest BCUT2D eigenvalue weighted by atomic mass is 35.5. The first-order chi connectivity index (χ1) is 7.90. The summed E-state index contributed by atoms with van der Waals surface area (Å²) in [7, 11) is 0.